The van der Waals surface area contributed by atoms with Crippen LogP contribution in [0.3, 0.4) is 0 Å². The van der Waals surface area contributed by atoms with Crippen LogP contribution in [0.5, 0.6) is 0 Å². The van der Waals surface area contributed by atoms with E-state index in [1.165, 1.54) is 82.7 Å². The molecule has 0 aliphatic heterocycles. The summed E-state index contributed by atoms with van der Waals surface area (Å²) in [6.07, 6.45) is 0. The van der Waals surface area contributed by atoms with Crippen LogP contribution in [0.1, 0.15) is 22.3 Å². The predicted molar refractivity (Wildman–Crippen MR) is 353 cm³/mol. The Bertz CT molecular complexity index is 4710. The van der Waals surface area contributed by atoms with Gasteiger partial charge in [0.05, 0.1) is 11.1 Å². The van der Waals surface area contributed by atoms with Crippen LogP contribution in [0.4, 0.5) is 51.2 Å². The van der Waals surface area contributed by atoms with Gasteiger partial charge in [0, 0.05) is 51.1 Å². The van der Waals surface area contributed by atoms with E-state index in [2.05, 4.69) is 348 Å². The largest absolute Gasteiger partial charge is 0.310 e. The Morgan fingerprint density at radius 1 is 0.202 bits per heavy atom. The summed E-state index contributed by atoms with van der Waals surface area (Å²) in [6, 6.07) is 123. The maximum absolute atomic E-state index is 2.48. The van der Waals surface area contributed by atoms with Crippen LogP contribution in [0, 0.1) is 0 Å². The molecule has 14 aromatic rings. The molecule has 0 unspecified atom stereocenters. The van der Waals surface area contributed by atoms with E-state index < -0.39 is 5.41 Å². The van der Waals surface area contributed by atoms with Crippen LogP contribution in [0.15, 0.2) is 334 Å². The number of nitrogens with zero attached hydrogens (tertiary/aromatic N) is 3. The molecule has 1 spiro atoms. The first kappa shape index (κ1) is 48.9. The van der Waals surface area contributed by atoms with Crippen molar-refractivity contribution in [2.75, 3.05) is 14.7 Å². The summed E-state index contributed by atoms with van der Waals surface area (Å²) >= 11 is 0. The topological polar surface area (TPSA) is 9.72 Å². The minimum atomic E-state index is -0.479. The van der Waals surface area contributed by atoms with Gasteiger partial charge in [-0.1, -0.05) is 237 Å². The lowest BCUT2D eigenvalue weighted by atomic mass is 9.70. The number of hydrogen-bond donors (Lipinski definition) is 0. The van der Waals surface area contributed by atoms with E-state index in [4.69, 9.17) is 0 Å². The highest BCUT2D eigenvalue weighted by Crippen LogP contribution is 2.64. The van der Waals surface area contributed by atoms with E-state index in [1.807, 2.05) is 0 Å². The molecule has 0 atom stereocenters. The minimum Gasteiger partial charge on any atom is -0.310 e. The van der Waals surface area contributed by atoms with Crippen LogP contribution in [0.2, 0.25) is 0 Å². The quantitative estimate of drug-likeness (QED) is 0.120. The molecule has 16 rings (SSSR count). The van der Waals surface area contributed by atoms with Crippen molar-refractivity contribution < 1.29 is 0 Å². The molecule has 3 heteroatoms. The Morgan fingerprint density at radius 3 is 1.15 bits per heavy atom. The fourth-order valence-electron chi connectivity index (χ4n) is 13.9. The van der Waals surface area contributed by atoms with Crippen LogP contribution >= 0.6 is 0 Å². The van der Waals surface area contributed by atoms with E-state index >= 15 is 0 Å². The molecule has 0 heterocycles. The highest BCUT2D eigenvalue weighted by molar-refractivity contribution is 6.14. The molecule has 14 aromatic carbocycles. The van der Waals surface area contributed by atoms with Gasteiger partial charge in [0.15, 0.2) is 0 Å². The second kappa shape index (κ2) is 20.2. The predicted octanol–water partition coefficient (Wildman–Crippen LogP) is 22.1. The molecule has 0 fully saturated rings. The Labute approximate surface area is 490 Å². The monoisotopic (exact) mass is 1070 g/mol. The van der Waals surface area contributed by atoms with Gasteiger partial charge in [-0.05, 0) is 180 Å². The van der Waals surface area contributed by atoms with Gasteiger partial charge in [-0.3, -0.25) is 0 Å². The fraction of sp³-hybridized carbons (Fsp3) is 0.0123. The summed E-state index contributed by atoms with van der Waals surface area (Å²) in [4.78, 5) is 7.21. The van der Waals surface area contributed by atoms with Gasteiger partial charge in [-0.25, -0.2) is 0 Å². The first-order valence-electron chi connectivity index (χ1n) is 29.0. The van der Waals surface area contributed by atoms with E-state index in [0.29, 0.717) is 0 Å². The van der Waals surface area contributed by atoms with Gasteiger partial charge < -0.3 is 14.7 Å². The normalized spacial score (nSPS) is 12.4. The highest BCUT2D eigenvalue weighted by atomic mass is 15.2. The van der Waals surface area contributed by atoms with E-state index in [0.717, 1.165) is 56.7 Å². The van der Waals surface area contributed by atoms with Crippen molar-refractivity contribution in [1.29, 1.82) is 0 Å². The van der Waals surface area contributed by atoms with Gasteiger partial charge in [0.1, 0.15) is 0 Å². The zero-order valence-corrected chi connectivity index (χ0v) is 46.1. The lowest BCUT2D eigenvalue weighted by Gasteiger charge is -2.32. The van der Waals surface area contributed by atoms with E-state index in [-0.39, 0.29) is 0 Å². The van der Waals surface area contributed by atoms with Crippen molar-refractivity contribution in [2.24, 2.45) is 0 Å². The van der Waals surface area contributed by atoms with Gasteiger partial charge in [0.2, 0.25) is 0 Å². The lowest BCUT2D eigenvalue weighted by molar-refractivity contribution is 0.794. The Hall–Kier alpha value is -11.0. The molecular formula is C81H55N3. The Balaban J connectivity index is 0.892. The molecule has 2 aliphatic rings. The molecule has 0 aromatic heterocycles. The smallest absolute Gasteiger partial charge is 0.0725 e. The third kappa shape index (κ3) is 7.81. The van der Waals surface area contributed by atoms with Gasteiger partial charge in [-0.15, -0.1) is 0 Å². The molecule has 0 saturated heterocycles. The third-order valence-corrected chi connectivity index (χ3v) is 17.4. The summed E-state index contributed by atoms with van der Waals surface area (Å²) in [6.45, 7) is 0. The molecule has 0 bridgehead atoms. The van der Waals surface area contributed by atoms with Crippen molar-refractivity contribution in [2.45, 2.75) is 5.41 Å². The molecule has 0 radical (unpaired) electrons. The SMILES string of the molecule is c1ccc(N(c2ccccc2)c2cccc(N(c3cccc(N(c4ccccc4)c4ccc(-c5cc6ccccc6c6ccccc56)cc4)c3)c3ccccc3-c3cccc4c3-c3ccccc3C43c4ccccc4-c4ccccc43)c2)cc1. The summed E-state index contributed by atoms with van der Waals surface area (Å²) in [5.41, 5.74) is 24.1. The van der Waals surface area contributed by atoms with Crippen LogP contribution in [-0.4, -0.2) is 0 Å². The summed E-state index contributed by atoms with van der Waals surface area (Å²) in [7, 11) is 0. The van der Waals surface area contributed by atoms with Gasteiger partial charge in [-0.2, -0.15) is 0 Å². The summed E-state index contributed by atoms with van der Waals surface area (Å²) in [5.74, 6) is 0. The first-order valence-corrected chi connectivity index (χ1v) is 29.0. The molecule has 394 valence electrons. The third-order valence-electron chi connectivity index (χ3n) is 17.4. The first-order chi connectivity index (χ1) is 41.7. The molecule has 3 nitrogen and oxygen atoms in total. The van der Waals surface area contributed by atoms with Crippen molar-refractivity contribution in [3.63, 3.8) is 0 Å². The average Bonchev–Trinajstić information content (AvgIpc) is 1.88. The molecule has 2 aliphatic carbocycles. The summed E-state index contributed by atoms with van der Waals surface area (Å²) < 4.78 is 0. The second-order valence-corrected chi connectivity index (χ2v) is 21.9. The van der Waals surface area contributed by atoms with Crippen LogP contribution in [-0.2, 0) is 5.41 Å². The Kier molecular flexibility index (Phi) is 11.8. The standard InChI is InChI=1S/C81H55N3/c1-4-26-58(27-5-1)82(59-28-6-2-7-29-59)62-32-22-34-64(54-62)84(79-48-21-17-41-71(79)72-43-24-47-78-80(72)73-42-16-20-46-77(73)81(78)75-44-18-14-39-69(75)70-40-15-19-45-76(70)81)65-35-23-33-63(55-65)83(60-30-8-3-9-31-60)61-51-49-56(50-52-61)74-53-57-25-10-11-36-66(57)67-37-12-13-38-68(67)74/h1-55H. The number of benzene rings is 14. The molecule has 0 N–H and O–H groups in total. The Morgan fingerprint density at radius 2 is 0.583 bits per heavy atom. The number of para-hydroxylation sites is 4. The second-order valence-electron chi connectivity index (χ2n) is 21.9. The number of hydrogen-bond acceptors (Lipinski definition) is 3. The highest BCUT2D eigenvalue weighted by Gasteiger charge is 2.52. The van der Waals surface area contributed by atoms with Crippen molar-refractivity contribution in [1.82, 2.24) is 0 Å². The zero-order valence-electron chi connectivity index (χ0n) is 46.1. The van der Waals surface area contributed by atoms with E-state index in [9.17, 15) is 0 Å². The molecule has 0 saturated carbocycles. The average molecular weight is 1070 g/mol. The van der Waals surface area contributed by atoms with Gasteiger partial charge in [0.25, 0.3) is 0 Å². The van der Waals surface area contributed by atoms with E-state index in [1.54, 1.807) is 0 Å². The maximum atomic E-state index is 2.48. The molecule has 0 amide bonds. The van der Waals surface area contributed by atoms with Crippen molar-refractivity contribution in [3.8, 4) is 44.5 Å². The number of fused-ring (bicyclic) bond motifs is 13. The minimum absolute atomic E-state index is 0.479. The van der Waals surface area contributed by atoms with Gasteiger partial charge >= 0.3 is 0 Å². The molecular weight excluding hydrogens is 1010 g/mol. The number of anilines is 9. The van der Waals surface area contributed by atoms with Crippen molar-refractivity contribution >= 4 is 72.7 Å². The van der Waals surface area contributed by atoms with Crippen LogP contribution < -0.4 is 14.7 Å². The maximum Gasteiger partial charge on any atom is 0.0725 e. The zero-order chi connectivity index (χ0) is 55.6. The van der Waals surface area contributed by atoms with Crippen LogP contribution in [0.25, 0.3) is 66.1 Å². The van der Waals surface area contributed by atoms with Crippen molar-refractivity contribution in [3.05, 3.63) is 356 Å². The summed E-state index contributed by atoms with van der Waals surface area (Å²) in [5, 5.41) is 5.01. The molecule has 84 heavy (non-hydrogen) atoms. The fourth-order valence-corrected chi connectivity index (χ4v) is 13.9. The lowest BCUT2D eigenvalue weighted by Crippen LogP contribution is -2.25. The number of rotatable bonds is 11.